The number of rotatable bonds is 7. The zero-order chi connectivity index (χ0) is 39.0. The minimum atomic E-state index is -1.16. The molecule has 8 unspecified atom stereocenters. The van der Waals surface area contributed by atoms with Crippen LogP contribution in [0, 0.1) is 56.7 Å². The molecule has 298 valence electrons. The van der Waals surface area contributed by atoms with E-state index < -0.39 is 22.5 Å². The predicted octanol–water partition coefficient (Wildman–Crippen LogP) is 10.3. The summed E-state index contributed by atoms with van der Waals surface area (Å²) in [5, 5.41) is 26.7. The molecule has 6 nitrogen and oxygen atoms in total. The number of carbonyl (C=O) groups is 2. The Hall–Kier alpha value is -3.74. The molecule has 0 heterocycles. The molecule has 0 aliphatic heterocycles. The van der Waals surface area contributed by atoms with Crippen LogP contribution in [0.1, 0.15) is 108 Å². The topological polar surface area (TPSA) is 87.1 Å². The number of hydrogen-bond acceptors (Lipinski definition) is 5. The number of carbonyl (C=O) groups excluding carboxylic acids is 2. The lowest BCUT2D eigenvalue weighted by Crippen LogP contribution is -2.67. The molecular weight excluding hydrogens is 707 g/mol. The highest BCUT2D eigenvalue weighted by atomic mass is 16.6. The summed E-state index contributed by atoms with van der Waals surface area (Å²) in [7, 11) is 0. The number of hydrogen-bond donors (Lipinski definition) is 2. The summed E-state index contributed by atoms with van der Waals surface area (Å²) in [6, 6.07) is 23.7. The van der Waals surface area contributed by atoms with Crippen molar-refractivity contribution >= 4 is 22.6 Å². The molecule has 7 fully saturated rings. The highest BCUT2D eigenvalue weighted by molar-refractivity contribution is 6.10. The molecule has 6 heteroatoms. The number of Topliss-reactive ketones (excluding diaryl/α,β-unsaturated/α-hetero) is 1. The van der Waals surface area contributed by atoms with Crippen LogP contribution in [0.4, 0.5) is 4.79 Å². The Morgan fingerprint density at radius 1 is 0.737 bits per heavy atom. The van der Waals surface area contributed by atoms with Crippen molar-refractivity contribution in [1.82, 2.24) is 4.90 Å². The molecule has 2 spiro atoms. The van der Waals surface area contributed by atoms with Crippen molar-refractivity contribution in [2.75, 3.05) is 13.1 Å². The van der Waals surface area contributed by atoms with Gasteiger partial charge < -0.3 is 19.8 Å². The van der Waals surface area contributed by atoms with Crippen molar-refractivity contribution in [2.45, 2.75) is 109 Å². The molecule has 57 heavy (non-hydrogen) atoms. The van der Waals surface area contributed by atoms with Gasteiger partial charge in [-0.3, -0.25) is 4.79 Å². The molecule has 8 atom stereocenters. The summed E-state index contributed by atoms with van der Waals surface area (Å²) in [5.74, 6) is 3.08. The Bertz CT molecular complexity index is 2180. The van der Waals surface area contributed by atoms with Gasteiger partial charge in [0.2, 0.25) is 0 Å². The van der Waals surface area contributed by atoms with Gasteiger partial charge >= 0.3 is 6.09 Å². The average Bonchev–Trinajstić information content (AvgIpc) is 3.46. The second kappa shape index (κ2) is 12.4. The number of amides is 1. The normalized spacial score (nSPS) is 43.3. The van der Waals surface area contributed by atoms with E-state index in [0.717, 1.165) is 66.2 Å². The van der Waals surface area contributed by atoms with Crippen molar-refractivity contribution in [3.63, 3.8) is 0 Å². The van der Waals surface area contributed by atoms with Crippen molar-refractivity contribution in [3.05, 3.63) is 102 Å². The standard InChI is InChI=1S/C51H59NO5/c1-46-17-14-39(53)29-49(46)20-21-51(41(30-49)44(54)37-9-4-3-5-10-37)42(46)15-18-47(2)43(51)16-19-50(47,56)32-52(31-48-26-33-22-34(27-48)24-35(23-33)28-48)45(55)57-40-13-12-36-8-6-7-11-38(36)25-40/h3-13,20-21,25,30,33-35,39,42-43,53,56H,14-19,22-24,26-29,31-32H2,1-2H3. The second-order valence-electron chi connectivity index (χ2n) is 21.2. The summed E-state index contributed by atoms with van der Waals surface area (Å²) in [4.78, 5) is 31.6. The number of fused-ring (bicyclic) bond motifs is 2. The molecule has 0 aromatic heterocycles. The maximum absolute atomic E-state index is 14.9. The first-order valence-corrected chi connectivity index (χ1v) is 22.3. The lowest BCUT2D eigenvalue weighted by molar-refractivity contribution is -0.176. The number of aliphatic hydroxyl groups excluding tert-OH is 1. The third-order valence-electron chi connectivity index (χ3n) is 18.3. The average molecular weight is 766 g/mol. The molecule has 3 aromatic carbocycles. The Kier molecular flexibility index (Phi) is 7.90. The Morgan fingerprint density at radius 3 is 2.12 bits per heavy atom. The van der Waals surface area contributed by atoms with Gasteiger partial charge in [-0.2, -0.15) is 0 Å². The van der Waals surface area contributed by atoms with Gasteiger partial charge in [0, 0.05) is 33.9 Å². The minimum absolute atomic E-state index is 0.0174. The SMILES string of the molecule is CC12CCC(O)CC13C=CC1(C(C(=O)c4ccccc4)=C3)C2CCC2(C)C1CCC2(O)CN(CC12CC3CC(CC(C3)C1)C2)C(=O)Oc1ccc2ccccc2c1. The quantitative estimate of drug-likeness (QED) is 0.185. The van der Waals surface area contributed by atoms with Gasteiger partial charge in [-0.25, -0.2) is 4.79 Å². The van der Waals surface area contributed by atoms with Gasteiger partial charge in [0.05, 0.1) is 18.2 Å². The first-order chi connectivity index (χ1) is 27.4. The van der Waals surface area contributed by atoms with Crippen LogP contribution in [0.25, 0.3) is 10.8 Å². The van der Waals surface area contributed by atoms with Crippen molar-refractivity contribution in [2.24, 2.45) is 56.7 Å². The van der Waals surface area contributed by atoms with E-state index in [2.05, 4.69) is 38.1 Å². The van der Waals surface area contributed by atoms with Crippen LogP contribution in [0.2, 0.25) is 0 Å². The maximum atomic E-state index is 14.9. The number of nitrogens with zero attached hydrogens (tertiary/aromatic N) is 1. The van der Waals surface area contributed by atoms with E-state index in [4.69, 9.17) is 4.74 Å². The summed E-state index contributed by atoms with van der Waals surface area (Å²) in [6.07, 6.45) is 19.2. The fraction of sp³-hybridized carbons (Fsp3) is 0.569. The fourth-order valence-corrected chi connectivity index (χ4v) is 16.1. The van der Waals surface area contributed by atoms with Crippen molar-refractivity contribution < 1.29 is 24.5 Å². The van der Waals surface area contributed by atoms with E-state index in [9.17, 15) is 19.8 Å². The van der Waals surface area contributed by atoms with Crippen LogP contribution >= 0.6 is 0 Å². The Balaban J connectivity index is 0.968. The molecule has 6 bridgehead atoms. The molecule has 7 saturated carbocycles. The van der Waals surface area contributed by atoms with E-state index in [1.807, 2.05) is 71.6 Å². The largest absolute Gasteiger partial charge is 0.415 e. The first-order valence-electron chi connectivity index (χ1n) is 22.3. The van der Waals surface area contributed by atoms with E-state index in [-0.39, 0.29) is 46.5 Å². The van der Waals surface area contributed by atoms with Crippen LogP contribution in [0.5, 0.6) is 5.75 Å². The fourth-order valence-electron chi connectivity index (χ4n) is 16.1. The summed E-state index contributed by atoms with van der Waals surface area (Å²) >= 11 is 0. The highest BCUT2D eigenvalue weighted by Gasteiger charge is 2.74. The third-order valence-corrected chi connectivity index (χ3v) is 18.3. The smallest absolute Gasteiger partial charge is 0.410 e. The molecule has 2 N–H and O–H groups in total. The second-order valence-corrected chi connectivity index (χ2v) is 21.2. The number of aliphatic hydroxyl groups is 2. The van der Waals surface area contributed by atoms with Crippen molar-refractivity contribution in [3.8, 4) is 5.75 Å². The number of allylic oxidation sites excluding steroid dienone is 4. The zero-order valence-corrected chi connectivity index (χ0v) is 33.8. The highest BCUT2D eigenvalue weighted by Crippen LogP contribution is 2.78. The maximum Gasteiger partial charge on any atom is 0.415 e. The summed E-state index contributed by atoms with van der Waals surface area (Å²) in [5.41, 5.74) is -1.08. The third kappa shape index (κ3) is 5.14. The lowest BCUT2D eigenvalue weighted by Gasteiger charge is -2.71. The van der Waals surface area contributed by atoms with Crippen LogP contribution in [0.15, 0.2) is 96.6 Å². The molecule has 0 saturated heterocycles. The van der Waals surface area contributed by atoms with Crippen LogP contribution in [0.3, 0.4) is 0 Å². The van der Waals surface area contributed by atoms with Crippen LogP contribution in [-0.4, -0.2) is 51.8 Å². The lowest BCUT2D eigenvalue weighted by atomic mass is 9.32. The van der Waals surface area contributed by atoms with Gasteiger partial charge in [-0.1, -0.05) is 92.7 Å². The Labute approximate surface area is 337 Å². The summed E-state index contributed by atoms with van der Waals surface area (Å²) in [6.45, 7) is 5.58. The molecular formula is C51H59NO5. The van der Waals surface area contributed by atoms with E-state index in [1.165, 1.54) is 38.5 Å². The van der Waals surface area contributed by atoms with Crippen LogP contribution < -0.4 is 4.74 Å². The molecule has 1 amide bonds. The predicted molar refractivity (Wildman–Crippen MR) is 221 cm³/mol. The number of ether oxygens (including phenoxy) is 1. The van der Waals surface area contributed by atoms with Gasteiger partial charge in [0.25, 0.3) is 0 Å². The molecule has 3 aromatic rings. The number of ketones is 1. The first kappa shape index (κ1) is 36.3. The van der Waals surface area contributed by atoms with Crippen LogP contribution in [-0.2, 0) is 0 Å². The minimum Gasteiger partial charge on any atom is -0.410 e. The van der Waals surface area contributed by atoms with E-state index in [0.29, 0.717) is 30.7 Å². The monoisotopic (exact) mass is 765 g/mol. The molecule has 0 radical (unpaired) electrons. The number of benzene rings is 3. The van der Waals surface area contributed by atoms with Gasteiger partial charge in [-0.05, 0) is 147 Å². The molecule has 10 aliphatic rings. The van der Waals surface area contributed by atoms with Gasteiger partial charge in [0.1, 0.15) is 5.75 Å². The Morgan fingerprint density at radius 2 is 1.39 bits per heavy atom. The molecule has 13 rings (SSSR count). The van der Waals surface area contributed by atoms with E-state index in [1.54, 1.807) is 0 Å². The van der Waals surface area contributed by atoms with E-state index >= 15 is 0 Å². The zero-order valence-electron chi connectivity index (χ0n) is 33.8. The van der Waals surface area contributed by atoms with Crippen molar-refractivity contribution in [1.29, 1.82) is 0 Å². The molecule has 10 aliphatic carbocycles. The summed E-state index contributed by atoms with van der Waals surface area (Å²) < 4.78 is 6.32. The van der Waals surface area contributed by atoms with Gasteiger partial charge in [-0.15, -0.1) is 0 Å². The van der Waals surface area contributed by atoms with Gasteiger partial charge in [0.15, 0.2) is 5.78 Å².